The molecule has 0 bridgehead atoms. The van der Waals surface area contributed by atoms with E-state index in [0.717, 1.165) is 21.3 Å². The topological polar surface area (TPSA) is 49.4 Å². The second kappa shape index (κ2) is 8.11. The first-order chi connectivity index (χ1) is 11.4. The number of hydrogen-bond donors (Lipinski definition) is 1. The summed E-state index contributed by atoms with van der Waals surface area (Å²) < 4.78 is 0.980. The first kappa shape index (κ1) is 18.2. The molecule has 24 heavy (non-hydrogen) atoms. The molecule has 0 atom stereocenters. The number of amides is 2. The Morgan fingerprint density at radius 2 is 1.88 bits per heavy atom. The van der Waals surface area contributed by atoms with Gasteiger partial charge in [-0.1, -0.05) is 28.1 Å². The van der Waals surface area contributed by atoms with Gasteiger partial charge in [0.25, 0.3) is 0 Å². The van der Waals surface area contributed by atoms with Gasteiger partial charge in [-0.3, -0.25) is 9.59 Å². The van der Waals surface area contributed by atoms with Crippen LogP contribution >= 0.6 is 15.9 Å². The first-order valence-corrected chi connectivity index (χ1v) is 8.63. The average Bonchev–Trinajstić information content (AvgIpc) is 2.51. The molecule has 0 aliphatic carbocycles. The molecule has 0 fully saturated rings. The number of halogens is 1. The number of benzene rings is 2. The van der Waals surface area contributed by atoms with E-state index in [1.165, 1.54) is 0 Å². The number of rotatable bonds is 5. The summed E-state index contributed by atoms with van der Waals surface area (Å²) >= 11 is 3.42. The van der Waals surface area contributed by atoms with Gasteiger partial charge in [0.2, 0.25) is 11.8 Å². The fourth-order valence-electron chi connectivity index (χ4n) is 2.46. The van der Waals surface area contributed by atoms with E-state index < -0.39 is 0 Å². The van der Waals surface area contributed by atoms with Crippen LogP contribution in [-0.4, -0.2) is 18.4 Å². The summed E-state index contributed by atoms with van der Waals surface area (Å²) in [6, 6.07) is 13.2. The Hall–Kier alpha value is -2.14. The lowest BCUT2D eigenvalue weighted by atomic mass is 10.2. The molecule has 0 saturated carbocycles. The van der Waals surface area contributed by atoms with Gasteiger partial charge in [-0.05, 0) is 62.2 Å². The van der Waals surface area contributed by atoms with Crippen molar-refractivity contribution in [2.45, 2.75) is 27.2 Å². The maximum Gasteiger partial charge on any atom is 0.236 e. The molecule has 0 heterocycles. The summed E-state index contributed by atoms with van der Waals surface area (Å²) in [5.74, 6) is -0.526. The van der Waals surface area contributed by atoms with Crippen molar-refractivity contribution in [1.82, 2.24) is 0 Å². The summed E-state index contributed by atoms with van der Waals surface area (Å²) in [7, 11) is 0. The van der Waals surface area contributed by atoms with Crippen molar-refractivity contribution in [2.24, 2.45) is 0 Å². The maximum absolute atomic E-state index is 12.5. The fraction of sp³-hybridized carbons (Fsp3) is 0.263. The summed E-state index contributed by atoms with van der Waals surface area (Å²) in [4.78, 5) is 26.3. The van der Waals surface area contributed by atoms with Gasteiger partial charge >= 0.3 is 0 Å². The van der Waals surface area contributed by atoms with Crippen LogP contribution < -0.4 is 10.2 Å². The molecule has 0 unspecified atom stereocenters. The van der Waals surface area contributed by atoms with E-state index in [4.69, 9.17) is 0 Å². The van der Waals surface area contributed by atoms with Crippen LogP contribution in [0, 0.1) is 13.8 Å². The van der Waals surface area contributed by atoms with Crippen LogP contribution in [0.25, 0.3) is 0 Å². The number of hydrogen-bond acceptors (Lipinski definition) is 2. The minimum absolute atomic E-state index is 0.184. The standard InChI is InChI=1S/C19H21BrN2O2/c1-4-22(16-7-5-6-13(2)10-16)19(24)12-18(23)21-15-8-9-17(20)14(3)11-15/h5-11H,4,12H2,1-3H3,(H,21,23). The SMILES string of the molecule is CCN(C(=O)CC(=O)Nc1ccc(Br)c(C)c1)c1cccc(C)c1. The molecule has 5 heteroatoms. The third-order valence-electron chi connectivity index (χ3n) is 3.68. The Balaban J connectivity index is 2.04. The Morgan fingerprint density at radius 1 is 1.12 bits per heavy atom. The number of nitrogens with one attached hydrogen (secondary N) is 1. The zero-order valence-electron chi connectivity index (χ0n) is 14.1. The molecule has 0 spiro atoms. The third-order valence-corrected chi connectivity index (χ3v) is 4.57. The quantitative estimate of drug-likeness (QED) is 0.769. The lowest BCUT2D eigenvalue weighted by Gasteiger charge is -2.21. The molecular weight excluding hydrogens is 368 g/mol. The van der Waals surface area contributed by atoms with Crippen molar-refractivity contribution in [3.05, 3.63) is 58.1 Å². The van der Waals surface area contributed by atoms with E-state index in [1.807, 2.05) is 57.2 Å². The van der Waals surface area contributed by atoms with Crippen molar-refractivity contribution in [3.63, 3.8) is 0 Å². The lowest BCUT2D eigenvalue weighted by molar-refractivity contribution is -0.125. The summed E-state index contributed by atoms with van der Waals surface area (Å²) in [5.41, 5.74) is 3.60. The molecule has 126 valence electrons. The first-order valence-electron chi connectivity index (χ1n) is 7.83. The van der Waals surface area contributed by atoms with Crippen molar-refractivity contribution < 1.29 is 9.59 Å². The monoisotopic (exact) mass is 388 g/mol. The van der Waals surface area contributed by atoms with E-state index in [-0.39, 0.29) is 18.2 Å². The molecule has 2 amide bonds. The summed E-state index contributed by atoms with van der Waals surface area (Å²) in [6.07, 6.45) is -0.184. The summed E-state index contributed by atoms with van der Waals surface area (Å²) in [6.45, 7) is 6.34. The molecule has 0 aromatic heterocycles. The van der Waals surface area contributed by atoms with Crippen LogP contribution in [0.1, 0.15) is 24.5 Å². The maximum atomic E-state index is 12.5. The van der Waals surface area contributed by atoms with Crippen LogP contribution in [0.3, 0.4) is 0 Å². The molecule has 0 radical (unpaired) electrons. The van der Waals surface area contributed by atoms with Crippen molar-refractivity contribution in [1.29, 1.82) is 0 Å². The zero-order valence-corrected chi connectivity index (χ0v) is 15.7. The van der Waals surface area contributed by atoms with Gasteiger partial charge in [0.15, 0.2) is 0 Å². The predicted octanol–water partition coefficient (Wildman–Crippen LogP) is 4.45. The second-order valence-corrected chi connectivity index (χ2v) is 6.52. The van der Waals surface area contributed by atoms with Crippen molar-refractivity contribution >= 4 is 39.1 Å². The minimum atomic E-state index is -0.312. The zero-order chi connectivity index (χ0) is 17.7. The van der Waals surface area contributed by atoms with Gasteiger partial charge in [0.1, 0.15) is 6.42 Å². The van der Waals surface area contributed by atoms with Crippen LogP contribution in [0.2, 0.25) is 0 Å². The van der Waals surface area contributed by atoms with Gasteiger partial charge in [0, 0.05) is 22.4 Å². The molecule has 0 aliphatic heterocycles. The molecule has 0 saturated heterocycles. The third kappa shape index (κ3) is 4.68. The van der Waals surface area contributed by atoms with E-state index >= 15 is 0 Å². The van der Waals surface area contributed by atoms with Gasteiger partial charge in [0.05, 0.1) is 0 Å². The molecule has 0 aliphatic rings. The number of anilines is 2. The number of carbonyl (C=O) groups is 2. The number of carbonyl (C=O) groups excluding carboxylic acids is 2. The molecular formula is C19H21BrN2O2. The normalized spacial score (nSPS) is 10.3. The molecule has 2 rings (SSSR count). The number of aryl methyl sites for hydroxylation is 2. The van der Waals surface area contributed by atoms with Crippen LogP contribution in [0.5, 0.6) is 0 Å². The Bertz CT molecular complexity index is 759. The fourth-order valence-corrected chi connectivity index (χ4v) is 2.71. The Kier molecular flexibility index (Phi) is 6.15. The highest BCUT2D eigenvalue weighted by Crippen LogP contribution is 2.20. The highest BCUT2D eigenvalue weighted by atomic mass is 79.9. The van der Waals surface area contributed by atoms with Gasteiger partial charge in [-0.25, -0.2) is 0 Å². The van der Waals surface area contributed by atoms with Crippen LogP contribution in [0.15, 0.2) is 46.9 Å². The lowest BCUT2D eigenvalue weighted by Crippen LogP contribution is -2.33. The smallest absolute Gasteiger partial charge is 0.236 e. The molecule has 4 nitrogen and oxygen atoms in total. The molecule has 1 N–H and O–H groups in total. The summed E-state index contributed by atoms with van der Waals surface area (Å²) in [5, 5.41) is 2.78. The predicted molar refractivity (Wildman–Crippen MR) is 101 cm³/mol. The van der Waals surface area contributed by atoms with E-state index in [2.05, 4.69) is 21.2 Å². The number of nitrogens with zero attached hydrogens (tertiary/aromatic N) is 1. The van der Waals surface area contributed by atoms with Gasteiger partial charge in [-0.15, -0.1) is 0 Å². The Labute approximate surface area is 151 Å². The molecule has 2 aromatic rings. The van der Waals surface area contributed by atoms with E-state index in [1.54, 1.807) is 11.0 Å². The minimum Gasteiger partial charge on any atom is -0.326 e. The second-order valence-electron chi connectivity index (χ2n) is 5.67. The van der Waals surface area contributed by atoms with E-state index in [9.17, 15) is 9.59 Å². The van der Waals surface area contributed by atoms with Gasteiger partial charge in [-0.2, -0.15) is 0 Å². The van der Waals surface area contributed by atoms with E-state index in [0.29, 0.717) is 12.2 Å². The van der Waals surface area contributed by atoms with Crippen molar-refractivity contribution in [2.75, 3.05) is 16.8 Å². The highest BCUT2D eigenvalue weighted by molar-refractivity contribution is 9.10. The van der Waals surface area contributed by atoms with Crippen molar-refractivity contribution in [3.8, 4) is 0 Å². The largest absolute Gasteiger partial charge is 0.326 e. The van der Waals surface area contributed by atoms with Crippen LogP contribution in [0.4, 0.5) is 11.4 Å². The van der Waals surface area contributed by atoms with Crippen LogP contribution in [-0.2, 0) is 9.59 Å². The Morgan fingerprint density at radius 3 is 2.50 bits per heavy atom. The van der Waals surface area contributed by atoms with Gasteiger partial charge < -0.3 is 10.2 Å². The average molecular weight is 389 g/mol. The highest BCUT2D eigenvalue weighted by Gasteiger charge is 2.18. The molecule has 2 aromatic carbocycles.